The number of para-hydroxylation sites is 1. The Morgan fingerprint density at radius 1 is 1.30 bits per heavy atom. The number of nitrogens with one attached hydrogen (secondary N) is 2. The topological polar surface area (TPSA) is 66.9 Å². The van der Waals surface area contributed by atoms with Gasteiger partial charge in [-0.25, -0.2) is 9.97 Å². The molecule has 0 spiro atoms. The van der Waals surface area contributed by atoms with Crippen molar-refractivity contribution in [2.24, 2.45) is 0 Å². The van der Waals surface area contributed by atoms with E-state index in [0.29, 0.717) is 6.42 Å². The average molecular weight is 309 g/mol. The fraction of sp³-hybridized carbons (Fsp3) is 0.154. The fourth-order valence-corrected chi connectivity index (χ4v) is 2.53. The van der Waals surface area contributed by atoms with E-state index in [1.807, 2.05) is 24.3 Å². The Labute approximate surface area is 125 Å². The van der Waals surface area contributed by atoms with Gasteiger partial charge in [-0.1, -0.05) is 29.8 Å². The highest BCUT2D eigenvalue weighted by Crippen LogP contribution is 2.25. The first-order chi connectivity index (χ1) is 9.61. The highest BCUT2D eigenvalue weighted by atomic mass is 35.5. The Morgan fingerprint density at radius 3 is 2.85 bits per heavy atom. The molecule has 1 aromatic carbocycles. The molecule has 3 rings (SSSR count). The highest BCUT2D eigenvalue weighted by Gasteiger charge is 2.26. The van der Waals surface area contributed by atoms with Crippen molar-refractivity contribution in [1.82, 2.24) is 9.97 Å². The van der Waals surface area contributed by atoms with Crippen molar-refractivity contribution in [3.8, 4) is 0 Å². The van der Waals surface area contributed by atoms with Gasteiger partial charge in [-0.3, -0.25) is 4.79 Å². The summed E-state index contributed by atoms with van der Waals surface area (Å²) in [4.78, 5) is 19.8. The quantitative estimate of drug-likeness (QED) is 0.661. The molecule has 5 nitrogen and oxygen atoms in total. The number of hydrogen-bond acceptors (Lipinski definition) is 4. The number of benzene rings is 1. The molecule has 2 N–H and O–H groups in total. The second kappa shape index (κ2) is 5.26. The van der Waals surface area contributed by atoms with Crippen molar-refractivity contribution >= 4 is 40.6 Å². The Bertz CT molecular complexity index is 632. The largest absolute Gasteiger partial charge is 0.373 e. The molecule has 1 unspecified atom stereocenters. The molecule has 1 aromatic heterocycles. The van der Waals surface area contributed by atoms with E-state index in [9.17, 15) is 4.79 Å². The van der Waals surface area contributed by atoms with E-state index < -0.39 is 0 Å². The maximum atomic E-state index is 12.2. The SMILES string of the molecule is O=C(Nc1cc(Cl)nc(Cl)n1)C1Cc2ccccc2N1. The summed E-state index contributed by atoms with van der Waals surface area (Å²) in [7, 11) is 0. The highest BCUT2D eigenvalue weighted by molar-refractivity contribution is 6.32. The molecule has 20 heavy (non-hydrogen) atoms. The van der Waals surface area contributed by atoms with Crippen molar-refractivity contribution in [3.05, 3.63) is 46.3 Å². The van der Waals surface area contributed by atoms with Crippen molar-refractivity contribution in [3.63, 3.8) is 0 Å². The molecular weight excluding hydrogens is 299 g/mol. The number of carbonyl (C=O) groups excluding carboxylic acids is 1. The number of carbonyl (C=O) groups is 1. The smallest absolute Gasteiger partial charge is 0.248 e. The number of anilines is 2. The second-order valence-electron chi connectivity index (χ2n) is 4.39. The van der Waals surface area contributed by atoms with Crippen molar-refractivity contribution in [2.75, 3.05) is 10.6 Å². The van der Waals surface area contributed by atoms with Crippen LogP contribution in [0.1, 0.15) is 5.56 Å². The van der Waals surface area contributed by atoms with E-state index in [1.165, 1.54) is 6.07 Å². The molecular formula is C13H10Cl2N4O. The molecule has 0 aliphatic carbocycles. The zero-order valence-corrected chi connectivity index (χ0v) is 11.7. The van der Waals surface area contributed by atoms with Gasteiger partial charge in [0.2, 0.25) is 11.2 Å². The normalized spacial score (nSPS) is 16.4. The Morgan fingerprint density at radius 2 is 2.10 bits per heavy atom. The third-order valence-electron chi connectivity index (χ3n) is 3.01. The van der Waals surface area contributed by atoms with Crippen LogP contribution in [-0.2, 0) is 11.2 Å². The summed E-state index contributed by atoms with van der Waals surface area (Å²) in [5.74, 6) is 0.102. The van der Waals surface area contributed by atoms with E-state index in [2.05, 4.69) is 20.6 Å². The predicted octanol–water partition coefficient (Wildman–Crippen LogP) is 2.76. The molecule has 0 radical (unpaired) electrons. The van der Waals surface area contributed by atoms with Gasteiger partial charge >= 0.3 is 0 Å². The Kier molecular flexibility index (Phi) is 3.46. The van der Waals surface area contributed by atoms with E-state index in [4.69, 9.17) is 23.2 Å². The summed E-state index contributed by atoms with van der Waals surface area (Å²) >= 11 is 11.5. The van der Waals surface area contributed by atoms with Gasteiger partial charge < -0.3 is 10.6 Å². The summed E-state index contributed by atoms with van der Waals surface area (Å²) in [6, 6.07) is 8.93. The summed E-state index contributed by atoms with van der Waals surface area (Å²) in [5.41, 5.74) is 2.10. The van der Waals surface area contributed by atoms with Crippen LogP contribution < -0.4 is 10.6 Å². The van der Waals surface area contributed by atoms with Crippen LogP contribution >= 0.6 is 23.2 Å². The van der Waals surface area contributed by atoms with E-state index >= 15 is 0 Å². The van der Waals surface area contributed by atoms with Gasteiger partial charge in [0.25, 0.3) is 0 Å². The van der Waals surface area contributed by atoms with Crippen LogP contribution in [0.4, 0.5) is 11.5 Å². The number of rotatable bonds is 2. The van der Waals surface area contributed by atoms with E-state index in [0.717, 1.165) is 11.3 Å². The van der Waals surface area contributed by atoms with Crippen LogP contribution in [-0.4, -0.2) is 21.9 Å². The number of fused-ring (bicyclic) bond motifs is 1. The number of halogens is 2. The number of amides is 1. The molecule has 7 heteroatoms. The van der Waals surface area contributed by atoms with Gasteiger partial charge in [-0.2, -0.15) is 0 Å². The molecule has 0 saturated heterocycles. The van der Waals surface area contributed by atoms with Crippen LogP contribution in [0.15, 0.2) is 30.3 Å². The van der Waals surface area contributed by atoms with Crippen molar-refractivity contribution < 1.29 is 4.79 Å². The van der Waals surface area contributed by atoms with Gasteiger partial charge in [0, 0.05) is 18.2 Å². The first-order valence-electron chi connectivity index (χ1n) is 5.97. The van der Waals surface area contributed by atoms with Gasteiger partial charge in [0.1, 0.15) is 17.0 Å². The molecule has 1 aliphatic rings. The first-order valence-corrected chi connectivity index (χ1v) is 6.73. The van der Waals surface area contributed by atoms with Crippen LogP contribution in [0.2, 0.25) is 10.4 Å². The van der Waals surface area contributed by atoms with Crippen molar-refractivity contribution in [2.45, 2.75) is 12.5 Å². The maximum absolute atomic E-state index is 12.2. The van der Waals surface area contributed by atoms with E-state index in [-0.39, 0.29) is 28.2 Å². The van der Waals surface area contributed by atoms with Crippen LogP contribution in [0.25, 0.3) is 0 Å². The maximum Gasteiger partial charge on any atom is 0.248 e. The molecule has 2 heterocycles. The Balaban J connectivity index is 1.72. The Hall–Kier alpha value is -1.85. The molecule has 1 amide bonds. The minimum Gasteiger partial charge on any atom is -0.373 e. The molecule has 1 atom stereocenters. The summed E-state index contributed by atoms with van der Waals surface area (Å²) < 4.78 is 0. The molecule has 0 bridgehead atoms. The van der Waals surface area contributed by atoms with Gasteiger partial charge in [0.15, 0.2) is 0 Å². The lowest BCUT2D eigenvalue weighted by molar-refractivity contribution is -0.116. The summed E-state index contributed by atoms with van der Waals surface area (Å²) in [5, 5.41) is 6.02. The zero-order chi connectivity index (χ0) is 14.1. The minimum absolute atomic E-state index is 0.00420. The molecule has 0 fully saturated rings. The summed E-state index contributed by atoms with van der Waals surface area (Å²) in [6.07, 6.45) is 0.633. The van der Waals surface area contributed by atoms with Crippen LogP contribution in [0, 0.1) is 0 Å². The molecule has 2 aromatic rings. The standard InChI is InChI=1S/C13H10Cl2N4O/c14-10-6-11(19-13(15)17-10)18-12(20)9-5-7-3-1-2-4-8(7)16-9/h1-4,6,9,16H,5H2,(H,17,18,19,20). The average Bonchev–Trinajstić information content (AvgIpc) is 2.81. The lowest BCUT2D eigenvalue weighted by Crippen LogP contribution is -2.33. The lowest BCUT2D eigenvalue weighted by Gasteiger charge is -2.11. The monoisotopic (exact) mass is 308 g/mol. The van der Waals surface area contributed by atoms with Gasteiger partial charge in [-0.05, 0) is 23.2 Å². The predicted molar refractivity (Wildman–Crippen MR) is 78.2 cm³/mol. The number of nitrogens with zero attached hydrogens (tertiary/aromatic N) is 2. The first kappa shape index (κ1) is 13.1. The third kappa shape index (κ3) is 2.69. The van der Waals surface area contributed by atoms with Crippen LogP contribution in [0.3, 0.4) is 0 Å². The summed E-state index contributed by atoms with van der Waals surface area (Å²) in [6.45, 7) is 0. The molecule has 1 aliphatic heterocycles. The zero-order valence-electron chi connectivity index (χ0n) is 10.2. The number of aromatic nitrogens is 2. The molecule has 102 valence electrons. The van der Waals surface area contributed by atoms with Crippen molar-refractivity contribution in [1.29, 1.82) is 0 Å². The van der Waals surface area contributed by atoms with Gasteiger partial charge in [-0.15, -0.1) is 0 Å². The van der Waals surface area contributed by atoms with Crippen LogP contribution in [0.5, 0.6) is 0 Å². The van der Waals surface area contributed by atoms with Gasteiger partial charge in [0.05, 0.1) is 0 Å². The second-order valence-corrected chi connectivity index (χ2v) is 5.12. The third-order valence-corrected chi connectivity index (χ3v) is 3.37. The number of hydrogen-bond donors (Lipinski definition) is 2. The van der Waals surface area contributed by atoms with E-state index in [1.54, 1.807) is 0 Å². The fourth-order valence-electron chi connectivity index (χ4n) is 2.12. The lowest BCUT2D eigenvalue weighted by atomic mass is 10.1. The molecule has 0 saturated carbocycles. The minimum atomic E-state index is -0.333.